The lowest BCUT2D eigenvalue weighted by molar-refractivity contribution is -0.138. The van der Waals surface area contributed by atoms with Crippen molar-refractivity contribution in [3.8, 4) is 0 Å². The Balaban J connectivity index is 3.93. The van der Waals surface area contributed by atoms with Crippen LogP contribution in [-0.4, -0.2) is 49.2 Å². The molecule has 0 bridgehead atoms. The van der Waals surface area contributed by atoms with Crippen molar-refractivity contribution < 1.29 is 19.4 Å². The molecule has 114 valence electrons. The van der Waals surface area contributed by atoms with E-state index in [-0.39, 0.29) is 18.1 Å². The fraction of sp³-hybridized carbons (Fsp3) is 0.600. The molecule has 5 nitrogen and oxygen atoms in total. The van der Waals surface area contributed by atoms with Gasteiger partial charge in [-0.2, -0.15) is 0 Å². The van der Waals surface area contributed by atoms with Gasteiger partial charge in [0, 0.05) is 17.6 Å². The molecule has 20 heavy (non-hydrogen) atoms. The maximum Gasteiger partial charge on any atom is 0.333 e. The smallest absolute Gasteiger partial charge is 0.333 e. The van der Waals surface area contributed by atoms with Crippen LogP contribution in [0.15, 0.2) is 23.3 Å². The summed E-state index contributed by atoms with van der Waals surface area (Å²) in [5.74, 6) is -1.29. The van der Waals surface area contributed by atoms with Gasteiger partial charge in [0.15, 0.2) is 0 Å². The molecule has 0 saturated carbocycles. The minimum atomic E-state index is -0.951. The number of hydrogen-bond donors (Lipinski definition) is 1. The van der Waals surface area contributed by atoms with Crippen LogP contribution in [0.3, 0.4) is 0 Å². The standard InChI is InChI=1S/C15H25NO4/c1-12(14(17)18)9-7-11-20-15(19)13(2)8-5-6-10-16(3)4/h8-9H,5-7,10-11H2,1-4H3,(H,17,18). The molecule has 0 aromatic heterocycles. The van der Waals surface area contributed by atoms with Crippen LogP contribution >= 0.6 is 0 Å². The zero-order chi connectivity index (χ0) is 15.5. The topological polar surface area (TPSA) is 66.8 Å². The predicted octanol–water partition coefficient (Wildman–Crippen LogP) is 2.24. The second-order valence-corrected chi connectivity index (χ2v) is 4.95. The molecule has 0 aliphatic rings. The molecule has 0 aliphatic carbocycles. The molecule has 5 heteroatoms. The van der Waals surface area contributed by atoms with Gasteiger partial charge in [-0.1, -0.05) is 12.2 Å². The molecule has 0 heterocycles. The molecule has 0 saturated heterocycles. The summed E-state index contributed by atoms with van der Waals surface area (Å²) in [7, 11) is 4.02. The third-order valence-electron chi connectivity index (χ3n) is 2.72. The number of aliphatic carboxylic acids is 1. The number of allylic oxidation sites excluding steroid dienone is 1. The van der Waals surface area contributed by atoms with E-state index in [4.69, 9.17) is 9.84 Å². The summed E-state index contributed by atoms with van der Waals surface area (Å²) >= 11 is 0. The van der Waals surface area contributed by atoms with E-state index in [1.807, 2.05) is 20.2 Å². The van der Waals surface area contributed by atoms with Crippen LogP contribution in [-0.2, 0) is 14.3 Å². The average Bonchev–Trinajstić information content (AvgIpc) is 2.38. The maximum absolute atomic E-state index is 11.6. The van der Waals surface area contributed by atoms with E-state index in [1.54, 1.807) is 13.0 Å². The van der Waals surface area contributed by atoms with Gasteiger partial charge in [0.25, 0.3) is 0 Å². The Morgan fingerprint density at radius 3 is 2.25 bits per heavy atom. The second-order valence-electron chi connectivity index (χ2n) is 4.95. The molecule has 1 N–H and O–H groups in total. The van der Waals surface area contributed by atoms with E-state index in [0.29, 0.717) is 12.0 Å². The van der Waals surface area contributed by atoms with Gasteiger partial charge >= 0.3 is 11.9 Å². The second kappa shape index (κ2) is 10.2. The zero-order valence-electron chi connectivity index (χ0n) is 12.8. The SMILES string of the molecule is CC(=CCCOC(=O)C(C)=CCCCN(C)C)C(=O)O. The minimum absolute atomic E-state index is 0.201. The number of carbonyl (C=O) groups excluding carboxylic acids is 1. The van der Waals surface area contributed by atoms with Crippen molar-refractivity contribution in [1.29, 1.82) is 0 Å². The van der Waals surface area contributed by atoms with Crippen LogP contribution < -0.4 is 0 Å². The van der Waals surface area contributed by atoms with Crippen LogP contribution in [0.4, 0.5) is 0 Å². The van der Waals surface area contributed by atoms with Crippen molar-refractivity contribution in [2.75, 3.05) is 27.2 Å². The van der Waals surface area contributed by atoms with Crippen molar-refractivity contribution in [3.63, 3.8) is 0 Å². The molecule has 0 aliphatic heterocycles. The lowest BCUT2D eigenvalue weighted by atomic mass is 10.2. The lowest BCUT2D eigenvalue weighted by Gasteiger charge is -2.07. The minimum Gasteiger partial charge on any atom is -0.478 e. The Bertz CT molecular complexity index is 383. The number of esters is 1. The third-order valence-corrected chi connectivity index (χ3v) is 2.72. The summed E-state index contributed by atoms with van der Waals surface area (Å²) in [6.07, 6.45) is 5.68. The molecular formula is C15H25NO4. The first kappa shape index (κ1) is 18.4. The van der Waals surface area contributed by atoms with Crippen molar-refractivity contribution in [2.45, 2.75) is 33.1 Å². The van der Waals surface area contributed by atoms with Gasteiger partial charge in [0.2, 0.25) is 0 Å². The summed E-state index contributed by atoms with van der Waals surface area (Å²) in [4.78, 5) is 24.2. The number of nitrogens with zero attached hydrogens (tertiary/aromatic N) is 1. The summed E-state index contributed by atoms with van der Waals surface area (Å²) < 4.78 is 5.06. The molecule has 0 aromatic rings. The highest BCUT2D eigenvalue weighted by Crippen LogP contribution is 2.03. The largest absolute Gasteiger partial charge is 0.478 e. The Morgan fingerprint density at radius 2 is 1.70 bits per heavy atom. The lowest BCUT2D eigenvalue weighted by Crippen LogP contribution is -2.12. The fourth-order valence-electron chi connectivity index (χ4n) is 1.44. The normalized spacial score (nSPS) is 12.7. The summed E-state index contributed by atoms with van der Waals surface area (Å²) in [5, 5.41) is 8.65. The number of ether oxygens (including phenoxy) is 1. The van der Waals surface area contributed by atoms with E-state index in [2.05, 4.69) is 4.90 Å². The Kier molecular flexibility index (Phi) is 9.38. The molecule has 0 spiro atoms. The van der Waals surface area contributed by atoms with Crippen molar-refractivity contribution in [2.24, 2.45) is 0 Å². The molecular weight excluding hydrogens is 258 g/mol. The summed E-state index contributed by atoms with van der Waals surface area (Å²) in [5.41, 5.74) is 0.861. The first-order valence-corrected chi connectivity index (χ1v) is 6.73. The highest BCUT2D eigenvalue weighted by Gasteiger charge is 2.05. The zero-order valence-corrected chi connectivity index (χ0v) is 12.8. The quantitative estimate of drug-likeness (QED) is 0.399. The van der Waals surface area contributed by atoms with Crippen molar-refractivity contribution in [3.05, 3.63) is 23.3 Å². The van der Waals surface area contributed by atoms with Crippen LogP contribution in [0, 0.1) is 0 Å². The number of rotatable bonds is 9. The maximum atomic E-state index is 11.6. The monoisotopic (exact) mass is 283 g/mol. The molecule has 0 unspecified atom stereocenters. The summed E-state index contributed by atoms with van der Waals surface area (Å²) in [6.45, 7) is 4.43. The first-order chi connectivity index (χ1) is 9.34. The van der Waals surface area contributed by atoms with Gasteiger partial charge < -0.3 is 14.7 Å². The molecule has 0 rings (SSSR count). The van der Waals surface area contributed by atoms with E-state index < -0.39 is 5.97 Å². The Morgan fingerprint density at radius 1 is 1.10 bits per heavy atom. The number of carbonyl (C=O) groups is 2. The number of carboxylic acids is 1. The van der Waals surface area contributed by atoms with E-state index >= 15 is 0 Å². The van der Waals surface area contributed by atoms with Gasteiger partial charge in [0.05, 0.1) is 6.61 Å². The van der Waals surface area contributed by atoms with Gasteiger partial charge in [-0.15, -0.1) is 0 Å². The van der Waals surface area contributed by atoms with Gasteiger partial charge in [-0.25, -0.2) is 9.59 Å². The van der Waals surface area contributed by atoms with Crippen molar-refractivity contribution >= 4 is 11.9 Å². The Hall–Kier alpha value is -1.62. The summed E-state index contributed by atoms with van der Waals surface area (Å²) in [6, 6.07) is 0. The molecule has 0 amide bonds. The molecule has 0 aromatic carbocycles. The van der Waals surface area contributed by atoms with E-state index in [1.165, 1.54) is 6.92 Å². The highest BCUT2D eigenvalue weighted by atomic mass is 16.5. The van der Waals surface area contributed by atoms with E-state index in [9.17, 15) is 9.59 Å². The van der Waals surface area contributed by atoms with Crippen LogP contribution in [0.1, 0.15) is 33.1 Å². The number of hydrogen-bond acceptors (Lipinski definition) is 4. The number of carboxylic acid groups (broad SMARTS) is 1. The van der Waals surface area contributed by atoms with Crippen LogP contribution in [0.25, 0.3) is 0 Å². The molecule has 0 radical (unpaired) electrons. The van der Waals surface area contributed by atoms with Crippen LogP contribution in [0.5, 0.6) is 0 Å². The van der Waals surface area contributed by atoms with E-state index in [0.717, 1.165) is 19.4 Å². The van der Waals surface area contributed by atoms with Gasteiger partial charge in [-0.3, -0.25) is 0 Å². The molecule has 0 fully saturated rings. The average molecular weight is 283 g/mol. The molecule has 0 atom stereocenters. The van der Waals surface area contributed by atoms with Gasteiger partial charge in [0.1, 0.15) is 0 Å². The first-order valence-electron chi connectivity index (χ1n) is 6.73. The van der Waals surface area contributed by atoms with Crippen LogP contribution in [0.2, 0.25) is 0 Å². The highest BCUT2D eigenvalue weighted by molar-refractivity contribution is 5.87. The number of unbranched alkanes of at least 4 members (excludes halogenated alkanes) is 1. The third kappa shape index (κ3) is 9.33. The van der Waals surface area contributed by atoms with Gasteiger partial charge in [-0.05, 0) is 47.3 Å². The fourth-order valence-corrected chi connectivity index (χ4v) is 1.44. The predicted molar refractivity (Wildman–Crippen MR) is 78.5 cm³/mol. The van der Waals surface area contributed by atoms with Crippen molar-refractivity contribution in [1.82, 2.24) is 4.90 Å². The Labute approximate surface area is 120 Å².